The second-order valence-corrected chi connectivity index (χ2v) is 4.84. The molecule has 1 aliphatic rings. The van der Waals surface area contributed by atoms with E-state index in [0.717, 1.165) is 30.8 Å². The Morgan fingerprint density at radius 2 is 2.33 bits per heavy atom. The first kappa shape index (κ1) is 12.9. The van der Waals surface area contributed by atoms with Crippen LogP contribution in [-0.2, 0) is 0 Å². The van der Waals surface area contributed by atoms with E-state index in [1.807, 2.05) is 12.1 Å². The molecule has 4 heteroatoms. The van der Waals surface area contributed by atoms with Crippen molar-refractivity contribution in [2.45, 2.75) is 19.4 Å². The average Bonchev–Trinajstić information content (AvgIpc) is 2.86. The number of hydrogen-bond donors (Lipinski definition) is 2. The van der Waals surface area contributed by atoms with Crippen LogP contribution in [0.15, 0.2) is 18.2 Å². The molecule has 0 radical (unpaired) electrons. The van der Waals surface area contributed by atoms with Gasteiger partial charge in [-0.2, -0.15) is 5.26 Å². The molecule has 0 saturated carbocycles. The van der Waals surface area contributed by atoms with Crippen LogP contribution >= 0.6 is 0 Å². The van der Waals surface area contributed by atoms with Crippen molar-refractivity contribution < 1.29 is 10.2 Å². The number of nitriles is 1. The zero-order valence-corrected chi connectivity index (χ0v) is 10.5. The number of rotatable bonds is 3. The number of anilines is 1. The summed E-state index contributed by atoms with van der Waals surface area (Å²) < 4.78 is 0. The standard InChI is InChI=1S/C14H18N2O2/c1-10(18)13-3-2-11(7-15)6-14(13)16-5-4-12(8-16)9-17/h2-3,6,10,12,17-18H,4-5,8-9H2,1H3/t10-,12?/m0/s1. The fraction of sp³-hybridized carbons (Fsp3) is 0.500. The maximum Gasteiger partial charge on any atom is 0.0992 e. The lowest BCUT2D eigenvalue weighted by Gasteiger charge is -2.23. The lowest BCUT2D eigenvalue weighted by molar-refractivity contribution is 0.199. The molecule has 1 aromatic rings. The van der Waals surface area contributed by atoms with Gasteiger partial charge in [0.1, 0.15) is 0 Å². The second-order valence-electron chi connectivity index (χ2n) is 4.84. The molecule has 1 saturated heterocycles. The van der Waals surface area contributed by atoms with Crippen molar-refractivity contribution in [3.05, 3.63) is 29.3 Å². The van der Waals surface area contributed by atoms with Gasteiger partial charge in [0.2, 0.25) is 0 Å². The summed E-state index contributed by atoms with van der Waals surface area (Å²) in [6.07, 6.45) is 0.396. The Kier molecular flexibility index (Phi) is 3.85. The van der Waals surface area contributed by atoms with Crippen LogP contribution in [0.1, 0.15) is 30.6 Å². The van der Waals surface area contributed by atoms with Gasteiger partial charge in [-0.25, -0.2) is 0 Å². The molecule has 0 aliphatic carbocycles. The first-order valence-corrected chi connectivity index (χ1v) is 6.23. The molecule has 0 spiro atoms. The van der Waals surface area contributed by atoms with Crippen molar-refractivity contribution >= 4 is 5.69 Å². The van der Waals surface area contributed by atoms with Gasteiger partial charge in [-0.05, 0) is 25.5 Å². The first-order chi connectivity index (χ1) is 8.65. The molecule has 1 aliphatic heterocycles. The quantitative estimate of drug-likeness (QED) is 0.846. The number of aliphatic hydroxyl groups is 2. The average molecular weight is 246 g/mol. The van der Waals surface area contributed by atoms with Crippen molar-refractivity contribution in [3.8, 4) is 6.07 Å². The Balaban J connectivity index is 2.33. The summed E-state index contributed by atoms with van der Waals surface area (Å²) in [5, 5.41) is 27.9. The van der Waals surface area contributed by atoms with E-state index in [1.165, 1.54) is 0 Å². The molecule has 1 heterocycles. The maximum absolute atomic E-state index is 9.79. The highest BCUT2D eigenvalue weighted by atomic mass is 16.3. The molecule has 1 aromatic carbocycles. The van der Waals surface area contributed by atoms with Gasteiger partial charge in [-0.3, -0.25) is 0 Å². The van der Waals surface area contributed by atoms with Gasteiger partial charge in [-0.1, -0.05) is 6.07 Å². The summed E-state index contributed by atoms with van der Waals surface area (Å²) in [6, 6.07) is 7.48. The lowest BCUT2D eigenvalue weighted by Crippen LogP contribution is -2.22. The van der Waals surface area contributed by atoms with Gasteiger partial charge in [0.25, 0.3) is 0 Å². The van der Waals surface area contributed by atoms with Crippen molar-refractivity contribution in [2.75, 3.05) is 24.6 Å². The number of nitrogens with zero attached hydrogens (tertiary/aromatic N) is 2. The Labute approximate surface area is 107 Å². The molecule has 0 aromatic heterocycles. The smallest absolute Gasteiger partial charge is 0.0992 e. The molecule has 0 bridgehead atoms. The zero-order chi connectivity index (χ0) is 13.1. The van der Waals surface area contributed by atoms with Gasteiger partial charge in [-0.15, -0.1) is 0 Å². The molecule has 2 atom stereocenters. The van der Waals surface area contributed by atoms with E-state index in [1.54, 1.807) is 13.0 Å². The molecule has 2 N–H and O–H groups in total. The zero-order valence-electron chi connectivity index (χ0n) is 10.5. The largest absolute Gasteiger partial charge is 0.396 e. The highest BCUT2D eigenvalue weighted by molar-refractivity contribution is 5.59. The molecule has 18 heavy (non-hydrogen) atoms. The van der Waals surface area contributed by atoms with E-state index in [2.05, 4.69) is 11.0 Å². The molecule has 4 nitrogen and oxygen atoms in total. The van der Waals surface area contributed by atoms with Crippen molar-refractivity contribution in [1.29, 1.82) is 5.26 Å². The van der Waals surface area contributed by atoms with Gasteiger partial charge in [0.15, 0.2) is 0 Å². The summed E-state index contributed by atoms with van der Waals surface area (Å²) in [4.78, 5) is 2.14. The minimum atomic E-state index is -0.555. The van der Waals surface area contributed by atoms with E-state index < -0.39 is 6.10 Å². The van der Waals surface area contributed by atoms with E-state index >= 15 is 0 Å². The third kappa shape index (κ3) is 2.47. The monoisotopic (exact) mass is 246 g/mol. The molecule has 2 rings (SSSR count). The van der Waals surface area contributed by atoms with E-state index in [4.69, 9.17) is 5.26 Å². The van der Waals surface area contributed by atoms with E-state index in [-0.39, 0.29) is 12.5 Å². The van der Waals surface area contributed by atoms with Crippen molar-refractivity contribution in [2.24, 2.45) is 5.92 Å². The van der Waals surface area contributed by atoms with Crippen LogP contribution in [0, 0.1) is 17.2 Å². The second kappa shape index (κ2) is 5.38. The maximum atomic E-state index is 9.79. The van der Waals surface area contributed by atoms with Gasteiger partial charge >= 0.3 is 0 Å². The highest BCUT2D eigenvalue weighted by Gasteiger charge is 2.24. The predicted octanol–water partition coefficient (Wildman–Crippen LogP) is 1.43. The summed E-state index contributed by atoms with van der Waals surface area (Å²) in [5.74, 6) is 0.289. The number of hydrogen-bond acceptors (Lipinski definition) is 4. The predicted molar refractivity (Wildman–Crippen MR) is 69.2 cm³/mol. The molecule has 96 valence electrons. The van der Waals surface area contributed by atoms with Gasteiger partial charge in [0, 0.05) is 36.9 Å². The Morgan fingerprint density at radius 3 is 2.89 bits per heavy atom. The molecular formula is C14H18N2O2. The van der Waals surface area contributed by atoms with Crippen LogP contribution in [-0.4, -0.2) is 29.9 Å². The number of benzene rings is 1. The van der Waals surface area contributed by atoms with E-state index in [0.29, 0.717) is 5.56 Å². The SMILES string of the molecule is C[C@H](O)c1ccc(C#N)cc1N1CCC(CO)C1. The Hall–Kier alpha value is -1.57. The first-order valence-electron chi connectivity index (χ1n) is 6.23. The van der Waals surface area contributed by atoms with Gasteiger partial charge < -0.3 is 15.1 Å². The fourth-order valence-electron chi connectivity index (χ4n) is 2.44. The van der Waals surface area contributed by atoms with Crippen molar-refractivity contribution in [1.82, 2.24) is 0 Å². The third-order valence-electron chi connectivity index (χ3n) is 3.49. The van der Waals surface area contributed by atoms with Crippen molar-refractivity contribution in [3.63, 3.8) is 0 Å². The topological polar surface area (TPSA) is 67.5 Å². The summed E-state index contributed by atoms with van der Waals surface area (Å²) in [7, 11) is 0. The summed E-state index contributed by atoms with van der Waals surface area (Å²) in [5.41, 5.74) is 2.36. The fourth-order valence-corrected chi connectivity index (χ4v) is 2.44. The van der Waals surface area contributed by atoms with Crippen LogP contribution in [0.25, 0.3) is 0 Å². The summed E-state index contributed by atoms with van der Waals surface area (Å²) in [6.45, 7) is 3.56. The molecular weight excluding hydrogens is 228 g/mol. The van der Waals surface area contributed by atoms with Crippen LogP contribution in [0.4, 0.5) is 5.69 Å². The molecule has 1 fully saturated rings. The minimum absolute atomic E-state index is 0.193. The normalized spacial score (nSPS) is 20.8. The Bertz CT molecular complexity index is 465. The molecule has 0 amide bonds. The number of aliphatic hydroxyl groups excluding tert-OH is 2. The Morgan fingerprint density at radius 1 is 1.56 bits per heavy atom. The third-order valence-corrected chi connectivity index (χ3v) is 3.49. The van der Waals surface area contributed by atoms with Gasteiger partial charge in [0.05, 0.1) is 17.7 Å². The minimum Gasteiger partial charge on any atom is -0.396 e. The lowest BCUT2D eigenvalue weighted by atomic mass is 10.0. The van der Waals surface area contributed by atoms with Crippen LogP contribution < -0.4 is 4.90 Å². The van der Waals surface area contributed by atoms with E-state index in [9.17, 15) is 10.2 Å². The van der Waals surface area contributed by atoms with Crippen LogP contribution in [0.2, 0.25) is 0 Å². The van der Waals surface area contributed by atoms with Crippen LogP contribution in [0.3, 0.4) is 0 Å². The summed E-state index contributed by atoms with van der Waals surface area (Å²) >= 11 is 0. The highest BCUT2D eigenvalue weighted by Crippen LogP contribution is 2.31. The molecule has 1 unspecified atom stereocenters. The van der Waals surface area contributed by atoms with Crippen LogP contribution in [0.5, 0.6) is 0 Å².